The van der Waals surface area contributed by atoms with Crippen LogP contribution in [-0.2, 0) is 14.3 Å². The summed E-state index contributed by atoms with van der Waals surface area (Å²) in [5.41, 5.74) is 0.435. The van der Waals surface area contributed by atoms with Crippen LogP contribution in [-0.4, -0.2) is 24.8 Å². The summed E-state index contributed by atoms with van der Waals surface area (Å²) in [6.07, 6.45) is 5.97. The second kappa shape index (κ2) is 10.9. The first-order valence-electron chi connectivity index (χ1n) is 7.81. The molecule has 0 N–H and O–H groups in total. The second-order valence-corrected chi connectivity index (χ2v) is 6.22. The van der Waals surface area contributed by atoms with Gasteiger partial charge in [0, 0.05) is 5.57 Å². The molecule has 0 aromatic heterocycles. The zero-order chi connectivity index (χ0) is 15.5. The summed E-state index contributed by atoms with van der Waals surface area (Å²) in [6, 6.07) is 0. The Hall–Kier alpha value is -0.830. The monoisotopic (exact) mass is 284 g/mol. The number of carbonyl (C=O) groups excluding carboxylic acids is 1. The predicted octanol–water partition coefficient (Wildman–Crippen LogP) is 4.51. The van der Waals surface area contributed by atoms with Gasteiger partial charge in [-0.05, 0) is 33.1 Å². The van der Waals surface area contributed by atoms with Crippen LogP contribution in [0.5, 0.6) is 0 Å². The molecular formula is C17H32O3. The Kier molecular flexibility index (Phi) is 10.4. The minimum Gasteiger partial charge on any atom is -0.460 e. The molecule has 0 saturated carbocycles. The largest absolute Gasteiger partial charge is 0.460 e. The molecule has 118 valence electrons. The molecule has 0 aliphatic heterocycles. The highest BCUT2D eigenvalue weighted by atomic mass is 16.6. The van der Waals surface area contributed by atoms with Gasteiger partial charge in [-0.1, -0.05) is 46.1 Å². The summed E-state index contributed by atoms with van der Waals surface area (Å²) in [5, 5.41) is 0. The molecule has 1 unspecified atom stereocenters. The Bertz CT molecular complexity index is 282. The van der Waals surface area contributed by atoms with E-state index in [1.54, 1.807) is 6.92 Å². The van der Waals surface area contributed by atoms with Gasteiger partial charge in [0.25, 0.3) is 0 Å². The van der Waals surface area contributed by atoms with Gasteiger partial charge in [0.2, 0.25) is 0 Å². The van der Waals surface area contributed by atoms with Gasteiger partial charge in [0.15, 0.2) is 0 Å². The van der Waals surface area contributed by atoms with Crippen LogP contribution in [0.15, 0.2) is 12.2 Å². The molecule has 3 heteroatoms. The van der Waals surface area contributed by atoms with Crippen LogP contribution >= 0.6 is 0 Å². The van der Waals surface area contributed by atoms with Gasteiger partial charge in [0.1, 0.15) is 6.61 Å². The summed E-state index contributed by atoms with van der Waals surface area (Å²) < 4.78 is 11.0. The highest BCUT2D eigenvalue weighted by molar-refractivity contribution is 5.86. The van der Waals surface area contributed by atoms with Gasteiger partial charge in [-0.15, -0.1) is 0 Å². The fourth-order valence-electron chi connectivity index (χ4n) is 1.97. The minimum absolute atomic E-state index is 0.00245. The first-order valence-corrected chi connectivity index (χ1v) is 7.81. The van der Waals surface area contributed by atoms with Crippen LogP contribution in [0.3, 0.4) is 0 Å². The average molecular weight is 284 g/mol. The summed E-state index contributed by atoms with van der Waals surface area (Å²) in [4.78, 5) is 11.4. The van der Waals surface area contributed by atoms with Crippen LogP contribution in [0.1, 0.15) is 66.7 Å². The quantitative estimate of drug-likeness (QED) is 0.318. The number of unbranched alkanes of at least 4 members (excludes halogenated alkanes) is 2. The van der Waals surface area contributed by atoms with Gasteiger partial charge < -0.3 is 9.47 Å². The van der Waals surface area contributed by atoms with Gasteiger partial charge in [-0.25, -0.2) is 4.79 Å². The molecule has 0 amide bonds. The number of esters is 1. The molecule has 0 aromatic rings. The van der Waals surface area contributed by atoms with Gasteiger partial charge >= 0.3 is 5.97 Å². The van der Waals surface area contributed by atoms with Gasteiger partial charge in [0.05, 0.1) is 12.2 Å². The highest BCUT2D eigenvalue weighted by Crippen LogP contribution is 2.13. The van der Waals surface area contributed by atoms with Crippen molar-refractivity contribution in [2.45, 2.75) is 78.9 Å². The Morgan fingerprint density at radius 3 is 2.15 bits per heavy atom. The maximum absolute atomic E-state index is 11.4. The van der Waals surface area contributed by atoms with E-state index in [0.29, 0.717) is 12.2 Å². The maximum atomic E-state index is 11.4. The SMILES string of the molecule is C=C(C)C(=O)OCC(CCCCCC(C)C)OC(C)C. The molecule has 0 saturated heterocycles. The van der Waals surface area contributed by atoms with E-state index in [4.69, 9.17) is 9.47 Å². The van der Waals surface area contributed by atoms with Gasteiger partial charge in [-0.2, -0.15) is 0 Å². The van der Waals surface area contributed by atoms with Crippen molar-refractivity contribution >= 4 is 5.97 Å². The number of hydrogen-bond acceptors (Lipinski definition) is 3. The van der Waals surface area contributed by atoms with Crippen molar-refractivity contribution in [1.82, 2.24) is 0 Å². The lowest BCUT2D eigenvalue weighted by Gasteiger charge is -2.20. The Morgan fingerprint density at radius 1 is 1.05 bits per heavy atom. The summed E-state index contributed by atoms with van der Waals surface area (Å²) >= 11 is 0. The summed E-state index contributed by atoms with van der Waals surface area (Å²) in [7, 11) is 0. The molecule has 1 atom stereocenters. The number of carbonyl (C=O) groups is 1. The molecule has 0 rings (SSSR count). The van der Waals surface area contributed by atoms with E-state index in [1.807, 2.05) is 13.8 Å². The number of ether oxygens (including phenoxy) is 2. The van der Waals surface area contributed by atoms with Crippen molar-refractivity contribution < 1.29 is 14.3 Å². The molecule has 0 bridgehead atoms. The Labute approximate surface area is 124 Å². The molecular weight excluding hydrogens is 252 g/mol. The van der Waals surface area contributed by atoms with E-state index in [2.05, 4.69) is 20.4 Å². The van der Waals surface area contributed by atoms with E-state index in [0.717, 1.165) is 18.8 Å². The fraction of sp³-hybridized carbons (Fsp3) is 0.824. The minimum atomic E-state index is -0.331. The van der Waals surface area contributed by atoms with Crippen LogP contribution in [0.2, 0.25) is 0 Å². The number of rotatable bonds is 11. The lowest BCUT2D eigenvalue weighted by molar-refractivity contribution is -0.144. The molecule has 0 heterocycles. The zero-order valence-corrected chi connectivity index (χ0v) is 13.9. The highest BCUT2D eigenvalue weighted by Gasteiger charge is 2.14. The van der Waals surface area contributed by atoms with Crippen molar-refractivity contribution in [1.29, 1.82) is 0 Å². The first-order chi connectivity index (χ1) is 9.32. The van der Waals surface area contributed by atoms with Crippen molar-refractivity contribution in [2.24, 2.45) is 5.92 Å². The Morgan fingerprint density at radius 2 is 1.65 bits per heavy atom. The first kappa shape index (κ1) is 19.2. The maximum Gasteiger partial charge on any atom is 0.333 e. The third-order valence-corrected chi connectivity index (χ3v) is 3.02. The number of hydrogen-bond donors (Lipinski definition) is 0. The summed E-state index contributed by atoms with van der Waals surface area (Å²) in [5.74, 6) is 0.441. The van der Waals surface area contributed by atoms with E-state index in [9.17, 15) is 4.79 Å². The lowest BCUT2D eigenvalue weighted by atomic mass is 10.0. The van der Waals surface area contributed by atoms with Crippen molar-refractivity contribution in [3.05, 3.63) is 12.2 Å². The molecule has 0 aliphatic rings. The van der Waals surface area contributed by atoms with Crippen molar-refractivity contribution in [2.75, 3.05) is 6.61 Å². The Balaban J connectivity index is 3.96. The smallest absolute Gasteiger partial charge is 0.333 e. The normalized spacial score (nSPS) is 12.8. The predicted molar refractivity (Wildman–Crippen MR) is 83.7 cm³/mol. The molecule has 0 aliphatic carbocycles. The third-order valence-electron chi connectivity index (χ3n) is 3.02. The molecule has 0 fully saturated rings. The molecule has 0 aromatic carbocycles. The standard InChI is InChI=1S/C17H32O3/c1-13(2)10-8-7-9-11-16(20-15(5)6)12-19-17(18)14(3)4/h13,15-16H,3,7-12H2,1-2,4-6H3. The van der Waals surface area contributed by atoms with Crippen molar-refractivity contribution in [3.8, 4) is 0 Å². The van der Waals surface area contributed by atoms with E-state index < -0.39 is 0 Å². The third kappa shape index (κ3) is 11.0. The topological polar surface area (TPSA) is 35.5 Å². The second-order valence-electron chi connectivity index (χ2n) is 6.22. The van der Waals surface area contributed by atoms with E-state index in [1.165, 1.54) is 19.3 Å². The summed E-state index contributed by atoms with van der Waals surface area (Å²) in [6.45, 7) is 14.1. The van der Waals surface area contributed by atoms with Crippen LogP contribution in [0.4, 0.5) is 0 Å². The van der Waals surface area contributed by atoms with Crippen molar-refractivity contribution in [3.63, 3.8) is 0 Å². The lowest BCUT2D eigenvalue weighted by Crippen LogP contribution is -2.25. The zero-order valence-electron chi connectivity index (χ0n) is 13.9. The van der Waals surface area contributed by atoms with Crippen LogP contribution in [0.25, 0.3) is 0 Å². The average Bonchev–Trinajstić information content (AvgIpc) is 2.33. The molecule has 0 spiro atoms. The van der Waals surface area contributed by atoms with Crippen LogP contribution < -0.4 is 0 Å². The molecule has 0 radical (unpaired) electrons. The molecule has 3 nitrogen and oxygen atoms in total. The molecule has 20 heavy (non-hydrogen) atoms. The van der Waals surface area contributed by atoms with E-state index in [-0.39, 0.29) is 18.2 Å². The van der Waals surface area contributed by atoms with Crippen LogP contribution in [0, 0.1) is 5.92 Å². The van der Waals surface area contributed by atoms with Gasteiger partial charge in [-0.3, -0.25) is 0 Å². The van der Waals surface area contributed by atoms with E-state index >= 15 is 0 Å². The fourth-order valence-corrected chi connectivity index (χ4v) is 1.97.